The lowest BCUT2D eigenvalue weighted by Crippen LogP contribution is -2.27. The maximum absolute atomic E-state index is 13.1. The number of non-ortho nitro benzene ring substituents is 1. The van der Waals surface area contributed by atoms with Crippen LogP contribution < -0.4 is 10.6 Å². The molecule has 0 spiro atoms. The largest absolute Gasteiger partial charge is 0.444 e. The Bertz CT molecular complexity index is 967. The van der Waals surface area contributed by atoms with Gasteiger partial charge < -0.3 is 10.1 Å². The second-order valence-corrected chi connectivity index (χ2v) is 7.14. The number of rotatable bonds is 4. The first kappa shape index (κ1) is 22.7. The number of carbonyl (C=O) groups excluding carboxylic acids is 2. The van der Waals surface area contributed by atoms with Crippen LogP contribution in [0.1, 0.15) is 36.7 Å². The molecule has 0 saturated carbocycles. The van der Waals surface area contributed by atoms with Crippen LogP contribution in [0.2, 0.25) is 0 Å². The molecule has 30 heavy (non-hydrogen) atoms. The third-order valence-corrected chi connectivity index (χ3v) is 3.57. The number of hydrogen-bond acceptors (Lipinski definition) is 5. The molecule has 2 N–H and O–H groups in total. The fourth-order valence-corrected chi connectivity index (χ4v) is 2.28. The van der Waals surface area contributed by atoms with Crippen LogP contribution in [0, 0.1) is 10.1 Å². The van der Waals surface area contributed by atoms with Crippen LogP contribution in [0.3, 0.4) is 0 Å². The van der Waals surface area contributed by atoms with Crippen LogP contribution in [0.4, 0.5) is 35.0 Å². The van der Waals surface area contributed by atoms with Gasteiger partial charge in [-0.25, -0.2) is 4.79 Å². The van der Waals surface area contributed by atoms with Gasteiger partial charge in [0, 0.05) is 17.7 Å². The van der Waals surface area contributed by atoms with Gasteiger partial charge in [-0.05, 0) is 51.1 Å². The summed E-state index contributed by atoms with van der Waals surface area (Å²) in [5, 5.41) is 15.3. The Hall–Kier alpha value is -3.63. The molecule has 0 aliphatic carbocycles. The van der Waals surface area contributed by atoms with Crippen molar-refractivity contribution >= 4 is 29.1 Å². The monoisotopic (exact) mass is 425 g/mol. The van der Waals surface area contributed by atoms with Gasteiger partial charge in [0.25, 0.3) is 11.6 Å². The Morgan fingerprint density at radius 2 is 1.57 bits per heavy atom. The van der Waals surface area contributed by atoms with Gasteiger partial charge in [0.05, 0.1) is 21.9 Å². The molecule has 0 aromatic heterocycles. The molecule has 2 rings (SSSR count). The fraction of sp³-hybridized carbons (Fsp3) is 0.263. The fourth-order valence-electron chi connectivity index (χ4n) is 2.28. The minimum atomic E-state index is -4.68. The molecule has 0 aliphatic rings. The van der Waals surface area contributed by atoms with E-state index in [4.69, 9.17) is 4.74 Å². The summed E-state index contributed by atoms with van der Waals surface area (Å²) in [7, 11) is 0. The molecular weight excluding hydrogens is 407 g/mol. The van der Waals surface area contributed by atoms with Crippen molar-refractivity contribution in [3.63, 3.8) is 0 Å². The number of amides is 2. The summed E-state index contributed by atoms with van der Waals surface area (Å²) in [5.74, 6) is -0.823. The van der Waals surface area contributed by atoms with Crippen LogP contribution >= 0.6 is 0 Å². The van der Waals surface area contributed by atoms with Gasteiger partial charge in [-0.1, -0.05) is 0 Å². The van der Waals surface area contributed by atoms with Crippen LogP contribution in [-0.2, 0) is 10.9 Å². The lowest BCUT2D eigenvalue weighted by Gasteiger charge is -2.21. The molecule has 0 fully saturated rings. The van der Waals surface area contributed by atoms with Gasteiger partial charge in [-0.15, -0.1) is 0 Å². The Labute approximate surface area is 169 Å². The molecule has 0 heterocycles. The maximum atomic E-state index is 13.1. The van der Waals surface area contributed by atoms with E-state index in [1.165, 1.54) is 0 Å². The Balaban J connectivity index is 2.33. The Kier molecular flexibility index (Phi) is 6.34. The van der Waals surface area contributed by atoms with Gasteiger partial charge in [-0.3, -0.25) is 20.2 Å². The van der Waals surface area contributed by atoms with E-state index in [2.05, 4.69) is 10.6 Å². The quantitative estimate of drug-likeness (QED) is 0.516. The molecule has 0 radical (unpaired) electrons. The van der Waals surface area contributed by atoms with Crippen molar-refractivity contribution in [2.24, 2.45) is 0 Å². The third-order valence-electron chi connectivity index (χ3n) is 3.57. The number of alkyl halides is 3. The molecule has 2 aromatic rings. The van der Waals surface area contributed by atoms with E-state index in [0.29, 0.717) is 6.07 Å². The highest BCUT2D eigenvalue weighted by molar-refractivity contribution is 6.07. The molecule has 11 heteroatoms. The van der Waals surface area contributed by atoms with E-state index in [1.54, 1.807) is 20.8 Å². The first-order chi connectivity index (χ1) is 13.8. The van der Waals surface area contributed by atoms with E-state index in [1.807, 2.05) is 0 Å². The Morgan fingerprint density at radius 3 is 2.07 bits per heavy atom. The van der Waals surface area contributed by atoms with Crippen LogP contribution in [0.5, 0.6) is 0 Å². The summed E-state index contributed by atoms with van der Waals surface area (Å²) in [4.78, 5) is 34.4. The molecule has 0 aliphatic heterocycles. The second-order valence-electron chi connectivity index (χ2n) is 7.14. The summed E-state index contributed by atoms with van der Waals surface area (Å²) < 4.78 is 44.3. The predicted octanol–water partition coefficient (Wildman–Crippen LogP) is 5.21. The van der Waals surface area contributed by atoms with Gasteiger partial charge in [-0.2, -0.15) is 13.2 Å². The zero-order valence-electron chi connectivity index (χ0n) is 16.2. The first-order valence-corrected chi connectivity index (χ1v) is 8.53. The van der Waals surface area contributed by atoms with Crippen LogP contribution in [0.15, 0.2) is 42.5 Å². The number of benzene rings is 2. The average molecular weight is 425 g/mol. The summed E-state index contributed by atoms with van der Waals surface area (Å²) >= 11 is 0. The highest BCUT2D eigenvalue weighted by Gasteiger charge is 2.31. The number of halogens is 3. The zero-order chi connectivity index (χ0) is 22.7. The van der Waals surface area contributed by atoms with Crippen molar-refractivity contribution in [2.45, 2.75) is 32.5 Å². The average Bonchev–Trinajstić information content (AvgIpc) is 2.60. The van der Waals surface area contributed by atoms with Crippen molar-refractivity contribution in [1.82, 2.24) is 0 Å². The number of nitro benzene ring substituents is 1. The maximum Gasteiger partial charge on any atom is 0.416 e. The van der Waals surface area contributed by atoms with E-state index >= 15 is 0 Å². The third kappa shape index (κ3) is 6.19. The van der Waals surface area contributed by atoms with E-state index in [9.17, 15) is 32.9 Å². The smallest absolute Gasteiger partial charge is 0.416 e. The predicted molar refractivity (Wildman–Crippen MR) is 102 cm³/mol. The minimum Gasteiger partial charge on any atom is -0.444 e. The number of ether oxygens (including phenoxy) is 1. The van der Waals surface area contributed by atoms with Gasteiger partial charge in [0.15, 0.2) is 0 Å². The van der Waals surface area contributed by atoms with Gasteiger partial charge >= 0.3 is 12.3 Å². The van der Waals surface area contributed by atoms with E-state index < -0.39 is 34.3 Å². The summed E-state index contributed by atoms with van der Waals surface area (Å²) in [6.45, 7) is 4.82. The van der Waals surface area contributed by atoms with Crippen molar-refractivity contribution in [2.75, 3.05) is 10.6 Å². The number of carbonyl (C=O) groups is 2. The topological polar surface area (TPSA) is 111 Å². The SMILES string of the molecule is CC(C)(C)OC(=O)Nc1ccc(C(F)(F)F)cc1NC(=O)c1ccc([N+](=O)[O-])cc1. The van der Waals surface area contributed by atoms with Crippen molar-refractivity contribution in [3.05, 3.63) is 63.7 Å². The number of nitrogens with zero attached hydrogens (tertiary/aromatic N) is 1. The van der Waals surface area contributed by atoms with Gasteiger partial charge in [0.2, 0.25) is 0 Å². The molecule has 0 unspecified atom stereocenters. The second kappa shape index (κ2) is 8.39. The summed E-state index contributed by atoms with van der Waals surface area (Å²) in [5.41, 5.74) is -2.61. The molecule has 2 amide bonds. The number of nitro groups is 1. The van der Waals surface area contributed by atoms with Crippen LogP contribution in [0.25, 0.3) is 0 Å². The van der Waals surface area contributed by atoms with Crippen LogP contribution in [-0.4, -0.2) is 22.5 Å². The molecule has 160 valence electrons. The molecule has 2 aromatic carbocycles. The zero-order valence-corrected chi connectivity index (χ0v) is 16.2. The lowest BCUT2D eigenvalue weighted by molar-refractivity contribution is -0.384. The van der Waals surface area contributed by atoms with Crippen molar-refractivity contribution < 1.29 is 32.4 Å². The van der Waals surface area contributed by atoms with E-state index in [0.717, 1.165) is 36.4 Å². The van der Waals surface area contributed by atoms with Crippen molar-refractivity contribution in [3.8, 4) is 0 Å². The molecular formula is C19H18F3N3O5. The Morgan fingerprint density at radius 1 is 0.967 bits per heavy atom. The first-order valence-electron chi connectivity index (χ1n) is 8.53. The van der Waals surface area contributed by atoms with Gasteiger partial charge in [0.1, 0.15) is 5.60 Å². The summed E-state index contributed by atoms with van der Waals surface area (Å²) in [6, 6.07) is 6.87. The number of nitrogens with one attached hydrogen (secondary N) is 2. The highest BCUT2D eigenvalue weighted by atomic mass is 19.4. The molecule has 0 saturated heterocycles. The van der Waals surface area contributed by atoms with Crippen molar-refractivity contribution in [1.29, 1.82) is 0 Å². The highest BCUT2D eigenvalue weighted by Crippen LogP contribution is 2.34. The number of hydrogen-bond donors (Lipinski definition) is 2. The summed E-state index contributed by atoms with van der Waals surface area (Å²) in [6.07, 6.45) is -5.61. The molecule has 8 nitrogen and oxygen atoms in total. The minimum absolute atomic E-state index is 0.0266. The number of anilines is 2. The molecule has 0 bridgehead atoms. The lowest BCUT2D eigenvalue weighted by atomic mass is 10.1. The normalized spacial score (nSPS) is 11.5. The standard InChI is InChI=1S/C19H18F3N3O5/c1-18(2,3)30-17(27)24-14-9-6-12(19(20,21)22)10-15(14)23-16(26)11-4-7-13(8-5-11)25(28)29/h4-10H,1-3H3,(H,23,26)(H,24,27). The molecule has 0 atom stereocenters. The van der Waals surface area contributed by atoms with E-state index in [-0.39, 0.29) is 22.6 Å².